The van der Waals surface area contributed by atoms with Gasteiger partial charge < -0.3 is 9.80 Å². The maximum absolute atomic E-state index is 13.8. The van der Waals surface area contributed by atoms with E-state index in [-0.39, 0.29) is 11.5 Å². The molecular formula is C18H19FN4O. The molecule has 0 bridgehead atoms. The molecule has 2 aromatic rings. The number of piperazine rings is 1. The molecule has 1 aromatic carbocycles. The second-order valence-corrected chi connectivity index (χ2v) is 6.35. The number of hydrogen-bond donors (Lipinski definition) is 0. The summed E-state index contributed by atoms with van der Waals surface area (Å²) in [6.45, 7) is 2.47. The molecular weight excluding hydrogens is 307 g/mol. The van der Waals surface area contributed by atoms with Crippen LogP contribution < -0.4 is 4.90 Å². The molecule has 4 rings (SSSR count). The maximum Gasteiger partial charge on any atom is 0.256 e. The van der Waals surface area contributed by atoms with E-state index in [9.17, 15) is 9.18 Å². The van der Waals surface area contributed by atoms with Gasteiger partial charge in [0.05, 0.1) is 11.3 Å². The van der Waals surface area contributed by atoms with Crippen LogP contribution in [0.1, 0.15) is 34.8 Å². The lowest BCUT2D eigenvalue weighted by atomic mass is 10.1. The average Bonchev–Trinajstić information content (AvgIpc) is 3.47. The first-order valence-electron chi connectivity index (χ1n) is 8.35. The molecule has 0 radical (unpaired) electrons. The summed E-state index contributed by atoms with van der Waals surface area (Å²) in [5.41, 5.74) is 1.21. The quantitative estimate of drug-likeness (QED) is 0.869. The maximum atomic E-state index is 13.8. The van der Waals surface area contributed by atoms with Gasteiger partial charge in [0.15, 0.2) is 5.82 Å². The van der Waals surface area contributed by atoms with Crippen LogP contribution >= 0.6 is 0 Å². The van der Waals surface area contributed by atoms with Crippen molar-refractivity contribution in [1.82, 2.24) is 15.1 Å². The van der Waals surface area contributed by atoms with Crippen molar-refractivity contribution in [3.8, 4) is 0 Å². The minimum atomic E-state index is -0.466. The Morgan fingerprint density at radius 1 is 1.00 bits per heavy atom. The second-order valence-electron chi connectivity index (χ2n) is 6.35. The van der Waals surface area contributed by atoms with Crippen LogP contribution in [0.4, 0.5) is 10.2 Å². The van der Waals surface area contributed by atoms with Gasteiger partial charge in [-0.25, -0.2) is 4.39 Å². The summed E-state index contributed by atoms with van der Waals surface area (Å²) < 4.78 is 13.8. The van der Waals surface area contributed by atoms with E-state index in [1.807, 2.05) is 6.07 Å². The normalized spacial score (nSPS) is 17.9. The zero-order valence-corrected chi connectivity index (χ0v) is 13.4. The van der Waals surface area contributed by atoms with Crippen molar-refractivity contribution in [3.05, 3.63) is 53.5 Å². The summed E-state index contributed by atoms with van der Waals surface area (Å²) in [7, 11) is 0. The van der Waals surface area contributed by atoms with Gasteiger partial charge in [-0.05, 0) is 37.1 Å². The first-order valence-corrected chi connectivity index (χ1v) is 8.35. The smallest absolute Gasteiger partial charge is 0.256 e. The number of halogens is 1. The summed E-state index contributed by atoms with van der Waals surface area (Å²) in [6.07, 6.45) is 2.43. The molecule has 1 amide bonds. The Hall–Kier alpha value is -2.50. The van der Waals surface area contributed by atoms with Gasteiger partial charge in [-0.1, -0.05) is 12.1 Å². The molecule has 1 aliphatic carbocycles. The molecule has 0 atom stereocenters. The third kappa shape index (κ3) is 2.96. The van der Waals surface area contributed by atoms with Crippen molar-refractivity contribution in [2.24, 2.45) is 0 Å². The highest BCUT2D eigenvalue weighted by molar-refractivity contribution is 5.94. The van der Waals surface area contributed by atoms with Crippen molar-refractivity contribution < 1.29 is 9.18 Å². The molecule has 0 unspecified atom stereocenters. The number of rotatable bonds is 3. The lowest BCUT2D eigenvalue weighted by Gasteiger charge is -2.35. The van der Waals surface area contributed by atoms with Crippen molar-refractivity contribution in [2.75, 3.05) is 31.1 Å². The number of aromatic nitrogens is 2. The lowest BCUT2D eigenvalue weighted by Crippen LogP contribution is -2.49. The Kier molecular flexibility index (Phi) is 3.88. The first-order chi connectivity index (χ1) is 11.7. The minimum absolute atomic E-state index is 0.138. The second kappa shape index (κ2) is 6.19. The lowest BCUT2D eigenvalue weighted by molar-refractivity contribution is 0.0742. The van der Waals surface area contributed by atoms with E-state index in [0.29, 0.717) is 32.1 Å². The molecule has 0 N–H and O–H groups in total. The van der Waals surface area contributed by atoms with Gasteiger partial charge in [-0.2, -0.15) is 5.10 Å². The summed E-state index contributed by atoms with van der Waals surface area (Å²) in [5, 5.41) is 8.63. The van der Waals surface area contributed by atoms with Crippen LogP contribution in [0.2, 0.25) is 0 Å². The third-order valence-corrected chi connectivity index (χ3v) is 4.66. The molecule has 1 aromatic heterocycles. The van der Waals surface area contributed by atoms with E-state index in [0.717, 1.165) is 11.5 Å². The Balaban J connectivity index is 1.39. The summed E-state index contributed by atoms with van der Waals surface area (Å²) in [4.78, 5) is 16.2. The van der Waals surface area contributed by atoms with Gasteiger partial charge in [0.1, 0.15) is 5.82 Å². The summed E-state index contributed by atoms with van der Waals surface area (Å²) in [6, 6.07) is 10.2. The largest absolute Gasteiger partial charge is 0.352 e. The fraction of sp³-hybridized carbons (Fsp3) is 0.389. The van der Waals surface area contributed by atoms with Crippen LogP contribution in [0, 0.1) is 5.82 Å². The standard InChI is InChI=1S/C18H19FN4O/c19-15-4-2-1-3-14(15)18(24)23-11-9-22(10-12-23)17-8-7-16(20-21-17)13-5-6-13/h1-4,7-8,13H,5-6,9-12H2. The third-order valence-electron chi connectivity index (χ3n) is 4.66. The van der Waals surface area contributed by atoms with Crippen LogP contribution in [0.25, 0.3) is 0 Å². The molecule has 0 spiro atoms. The Morgan fingerprint density at radius 3 is 2.38 bits per heavy atom. The number of hydrogen-bond acceptors (Lipinski definition) is 4. The monoisotopic (exact) mass is 326 g/mol. The number of amides is 1. The van der Waals surface area contributed by atoms with Crippen LogP contribution in [0.5, 0.6) is 0 Å². The predicted octanol–water partition coefficient (Wildman–Crippen LogP) is 2.46. The number of carbonyl (C=O) groups is 1. The number of anilines is 1. The molecule has 1 aliphatic heterocycles. The minimum Gasteiger partial charge on any atom is -0.352 e. The highest BCUT2D eigenvalue weighted by atomic mass is 19.1. The predicted molar refractivity (Wildman–Crippen MR) is 88.5 cm³/mol. The van der Waals surface area contributed by atoms with Gasteiger partial charge >= 0.3 is 0 Å². The van der Waals surface area contributed by atoms with Gasteiger partial charge in [0.2, 0.25) is 0 Å². The molecule has 5 nitrogen and oxygen atoms in total. The van der Waals surface area contributed by atoms with E-state index < -0.39 is 5.82 Å². The van der Waals surface area contributed by atoms with E-state index in [4.69, 9.17) is 0 Å². The molecule has 2 heterocycles. The van der Waals surface area contributed by atoms with Gasteiger partial charge in [-0.15, -0.1) is 5.10 Å². The first kappa shape index (κ1) is 15.1. The Morgan fingerprint density at radius 2 is 1.75 bits per heavy atom. The molecule has 124 valence electrons. The molecule has 6 heteroatoms. The summed E-state index contributed by atoms with van der Waals surface area (Å²) >= 11 is 0. The zero-order valence-electron chi connectivity index (χ0n) is 13.4. The zero-order chi connectivity index (χ0) is 16.5. The van der Waals surface area contributed by atoms with Crippen LogP contribution in [0.15, 0.2) is 36.4 Å². The van der Waals surface area contributed by atoms with Crippen molar-refractivity contribution >= 4 is 11.7 Å². The van der Waals surface area contributed by atoms with E-state index in [2.05, 4.69) is 21.2 Å². The number of nitrogens with zero attached hydrogens (tertiary/aromatic N) is 4. The topological polar surface area (TPSA) is 49.3 Å². The Bertz CT molecular complexity index is 737. The van der Waals surface area contributed by atoms with Gasteiger partial charge in [0.25, 0.3) is 5.91 Å². The average molecular weight is 326 g/mol. The number of carbonyl (C=O) groups excluding carboxylic acids is 1. The van der Waals surface area contributed by atoms with Crippen LogP contribution in [-0.2, 0) is 0 Å². The van der Waals surface area contributed by atoms with E-state index in [1.54, 1.807) is 17.0 Å². The molecule has 2 aliphatic rings. The Labute approximate surface area is 140 Å². The molecule has 24 heavy (non-hydrogen) atoms. The fourth-order valence-corrected chi connectivity index (χ4v) is 3.04. The van der Waals surface area contributed by atoms with Crippen LogP contribution in [0.3, 0.4) is 0 Å². The van der Waals surface area contributed by atoms with Gasteiger partial charge in [-0.3, -0.25) is 4.79 Å². The van der Waals surface area contributed by atoms with Gasteiger partial charge in [0, 0.05) is 32.1 Å². The van der Waals surface area contributed by atoms with Crippen molar-refractivity contribution in [3.63, 3.8) is 0 Å². The molecule has 2 fully saturated rings. The molecule has 1 saturated carbocycles. The fourth-order valence-electron chi connectivity index (χ4n) is 3.04. The number of benzene rings is 1. The highest BCUT2D eigenvalue weighted by Crippen LogP contribution is 2.38. The highest BCUT2D eigenvalue weighted by Gasteiger charge is 2.27. The van der Waals surface area contributed by atoms with E-state index >= 15 is 0 Å². The van der Waals surface area contributed by atoms with Crippen molar-refractivity contribution in [2.45, 2.75) is 18.8 Å². The summed E-state index contributed by atoms with van der Waals surface area (Å²) in [5.74, 6) is 0.730. The molecule has 1 saturated heterocycles. The SMILES string of the molecule is O=C(c1ccccc1F)N1CCN(c2ccc(C3CC3)nn2)CC1. The van der Waals surface area contributed by atoms with E-state index in [1.165, 1.54) is 25.0 Å². The van der Waals surface area contributed by atoms with Crippen LogP contribution in [-0.4, -0.2) is 47.2 Å². The van der Waals surface area contributed by atoms with Crippen molar-refractivity contribution in [1.29, 1.82) is 0 Å².